The van der Waals surface area contributed by atoms with Crippen LogP contribution in [-0.4, -0.2) is 54.1 Å². The number of esters is 2. The van der Waals surface area contributed by atoms with Crippen LogP contribution >= 0.6 is 0 Å². The summed E-state index contributed by atoms with van der Waals surface area (Å²) in [5.74, 6) is 1.52. The lowest BCUT2D eigenvalue weighted by Crippen LogP contribution is -2.11. The summed E-state index contributed by atoms with van der Waals surface area (Å²) in [5, 5.41) is 0. The third kappa shape index (κ3) is 6.34. The molecule has 0 aromatic heterocycles. The third-order valence-electron chi connectivity index (χ3n) is 6.84. The van der Waals surface area contributed by atoms with Gasteiger partial charge in [0.25, 0.3) is 0 Å². The minimum atomic E-state index is -0.610. The smallest absolute Gasteiger partial charge is 0.347 e. The first-order valence-corrected chi connectivity index (χ1v) is 13.2. The predicted molar refractivity (Wildman–Crippen MR) is 156 cm³/mol. The van der Waals surface area contributed by atoms with Crippen molar-refractivity contribution >= 4 is 11.9 Å². The molecule has 4 aromatic carbocycles. The molecule has 1 aliphatic rings. The van der Waals surface area contributed by atoms with Crippen LogP contribution in [0.4, 0.5) is 0 Å². The number of carbonyl (C=O) groups is 2. The van der Waals surface area contributed by atoms with Crippen LogP contribution < -0.4 is 33.2 Å². The first-order chi connectivity index (χ1) is 20.9. The van der Waals surface area contributed by atoms with Gasteiger partial charge in [-0.15, -0.1) is 0 Å². The number of rotatable bonds is 11. The molecule has 5 rings (SSSR count). The van der Waals surface area contributed by atoms with Crippen LogP contribution in [0.1, 0.15) is 32.4 Å². The molecule has 0 radical (unpaired) electrons. The molecule has 1 unspecified atom stereocenters. The number of benzene rings is 4. The lowest BCUT2D eigenvalue weighted by Gasteiger charge is -2.14. The van der Waals surface area contributed by atoms with Crippen molar-refractivity contribution in [2.45, 2.75) is 6.10 Å². The molecule has 0 amide bonds. The summed E-state index contributed by atoms with van der Waals surface area (Å²) in [6.07, 6.45) is -0.0660. The highest BCUT2D eigenvalue weighted by atomic mass is 16.6. The fourth-order valence-corrected chi connectivity index (χ4v) is 4.50. The molecule has 1 saturated heterocycles. The largest absolute Gasteiger partial charge is 0.496 e. The van der Waals surface area contributed by atoms with Gasteiger partial charge in [-0.1, -0.05) is 24.3 Å². The van der Waals surface area contributed by atoms with Crippen molar-refractivity contribution in [2.24, 2.45) is 0 Å². The normalized spacial score (nSPS) is 13.5. The van der Waals surface area contributed by atoms with E-state index in [-0.39, 0.29) is 17.2 Å². The van der Waals surface area contributed by atoms with Crippen molar-refractivity contribution in [1.82, 2.24) is 0 Å². The van der Waals surface area contributed by atoms with Gasteiger partial charge >= 0.3 is 11.9 Å². The second-order valence-corrected chi connectivity index (χ2v) is 9.35. The Bertz CT molecular complexity index is 1620. The first kappa shape index (κ1) is 29.3. The Morgan fingerprint density at radius 1 is 0.558 bits per heavy atom. The SMILES string of the molecule is COc1cc(OC)c(C(=O)Oc2ccc(-c3ccc(OC(=O)c4cc(OC)c(C5CO5)cc4OC)cc3)cc2)cc1OC. The lowest BCUT2D eigenvalue weighted by molar-refractivity contribution is 0.0721. The second-order valence-electron chi connectivity index (χ2n) is 9.35. The van der Waals surface area contributed by atoms with Gasteiger partial charge in [0.1, 0.15) is 46.0 Å². The molecule has 0 bridgehead atoms. The van der Waals surface area contributed by atoms with Gasteiger partial charge in [-0.25, -0.2) is 9.59 Å². The van der Waals surface area contributed by atoms with Crippen molar-refractivity contribution in [3.8, 4) is 51.4 Å². The minimum Gasteiger partial charge on any atom is -0.496 e. The van der Waals surface area contributed by atoms with E-state index in [4.69, 9.17) is 37.9 Å². The van der Waals surface area contributed by atoms with Crippen LogP contribution in [0, 0.1) is 0 Å². The Balaban J connectivity index is 1.26. The van der Waals surface area contributed by atoms with Gasteiger partial charge in [-0.2, -0.15) is 0 Å². The van der Waals surface area contributed by atoms with Gasteiger partial charge in [-0.05, 0) is 47.5 Å². The highest BCUT2D eigenvalue weighted by Crippen LogP contribution is 2.40. The molecule has 1 atom stereocenters. The number of hydrogen-bond donors (Lipinski definition) is 0. The fraction of sp³-hybridized carbons (Fsp3) is 0.212. The molecule has 0 aliphatic carbocycles. The molecule has 4 aromatic rings. The zero-order valence-corrected chi connectivity index (χ0v) is 24.3. The molecule has 43 heavy (non-hydrogen) atoms. The van der Waals surface area contributed by atoms with Crippen LogP contribution in [0.3, 0.4) is 0 Å². The molecule has 1 aliphatic heterocycles. The summed E-state index contributed by atoms with van der Waals surface area (Å²) in [6.45, 7) is 0.595. The van der Waals surface area contributed by atoms with Crippen LogP contribution in [0.5, 0.6) is 40.2 Å². The number of hydrogen-bond acceptors (Lipinski definition) is 10. The molecule has 10 nitrogen and oxygen atoms in total. The van der Waals surface area contributed by atoms with Gasteiger partial charge in [0, 0.05) is 17.7 Å². The lowest BCUT2D eigenvalue weighted by atomic mass is 10.1. The standard InChI is InChI=1S/C33H30O10/c1-36-26-15-24(27(37-2)14-23(26)31-18-41-31)32(34)42-21-10-6-19(7-11-21)20-8-12-22(13-9-20)43-33(35)25-16-29(39-4)30(40-5)17-28(25)38-3/h6-17,31H,18H2,1-5H3. The summed E-state index contributed by atoms with van der Waals surface area (Å²) in [5.41, 5.74) is 2.99. The van der Waals surface area contributed by atoms with E-state index in [1.54, 1.807) is 42.5 Å². The molecule has 222 valence electrons. The predicted octanol–water partition coefficient (Wildman–Crippen LogP) is 5.91. The van der Waals surface area contributed by atoms with Gasteiger partial charge in [0.05, 0.1) is 42.2 Å². The number of epoxide rings is 1. The van der Waals surface area contributed by atoms with Crippen molar-refractivity contribution in [3.05, 3.63) is 89.5 Å². The summed E-state index contributed by atoms with van der Waals surface area (Å²) in [6, 6.07) is 20.4. The Labute approximate surface area is 248 Å². The van der Waals surface area contributed by atoms with Gasteiger partial charge in [0.2, 0.25) is 0 Å². The van der Waals surface area contributed by atoms with Crippen molar-refractivity contribution in [3.63, 3.8) is 0 Å². The van der Waals surface area contributed by atoms with E-state index in [1.165, 1.54) is 41.6 Å². The van der Waals surface area contributed by atoms with E-state index >= 15 is 0 Å². The molecule has 0 spiro atoms. The van der Waals surface area contributed by atoms with E-state index in [1.807, 2.05) is 24.3 Å². The molecule has 0 N–H and O–H groups in total. The average molecular weight is 587 g/mol. The van der Waals surface area contributed by atoms with Gasteiger partial charge in [-0.3, -0.25) is 0 Å². The van der Waals surface area contributed by atoms with Crippen LogP contribution in [0.25, 0.3) is 11.1 Å². The minimum absolute atomic E-state index is 0.0660. The first-order valence-electron chi connectivity index (χ1n) is 13.2. The van der Waals surface area contributed by atoms with E-state index in [2.05, 4.69) is 0 Å². The van der Waals surface area contributed by atoms with E-state index in [0.29, 0.717) is 46.9 Å². The summed E-state index contributed by atoms with van der Waals surface area (Å²) in [7, 11) is 7.45. The van der Waals surface area contributed by atoms with Crippen molar-refractivity contribution in [2.75, 3.05) is 42.2 Å². The molecule has 10 heteroatoms. The van der Waals surface area contributed by atoms with Crippen molar-refractivity contribution < 1.29 is 47.5 Å². The van der Waals surface area contributed by atoms with Crippen molar-refractivity contribution in [1.29, 1.82) is 0 Å². The summed E-state index contributed by atoms with van der Waals surface area (Å²) < 4.78 is 43.3. The maximum Gasteiger partial charge on any atom is 0.347 e. The highest BCUT2D eigenvalue weighted by molar-refractivity contribution is 5.95. The van der Waals surface area contributed by atoms with Crippen LogP contribution in [0.15, 0.2) is 72.8 Å². The van der Waals surface area contributed by atoms with E-state index in [0.717, 1.165) is 16.7 Å². The second kappa shape index (κ2) is 12.7. The highest BCUT2D eigenvalue weighted by Gasteiger charge is 2.31. The number of carbonyl (C=O) groups excluding carboxylic acids is 2. The molecule has 1 heterocycles. The van der Waals surface area contributed by atoms with Gasteiger partial charge in [0.15, 0.2) is 11.5 Å². The molecule has 0 saturated carbocycles. The Hall–Kier alpha value is -5.22. The van der Waals surface area contributed by atoms with Crippen LogP contribution in [0.2, 0.25) is 0 Å². The maximum atomic E-state index is 13.0. The zero-order valence-electron chi connectivity index (χ0n) is 24.3. The maximum absolute atomic E-state index is 13.0. The molecule has 1 fully saturated rings. The van der Waals surface area contributed by atoms with E-state index in [9.17, 15) is 9.59 Å². The zero-order chi connectivity index (χ0) is 30.5. The molecular weight excluding hydrogens is 556 g/mol. The molecular formula is C33H30O10. The Morgan fingerprint density at radius 3 is 1.37 bits per heavy atom. The quantitative estimate of drug-likeness (QED) is 0.120. The summed E-state index contributed by atoms with van der Waals surface area (Å²) in [4.78, 5) is 25.9. The topological polar surface area (TPSA) is 111 Å². The Morgan fingerprint density at radius 2 is 0.953 bits per heavy atom. The number of methoxy groups -OCH3 is 5. The van der Waals surface area contributed by atoms with Gasteiger partial charge < -0.3 is 37.9 Å². The van der Waals surface area contributed by atoms with E-state index < -0.39 is 11.9 Å². The third-order valence-corrected chi connectivity index (χ3v) is 6.84. The summed E-state index contributed by atoms with van der Waals surface area (Å²) >= 11 is 0. The van der Waals surface area contributed by atoms with Crippen LogP contribution in [-0.2, 0) is 4.74 Å². The Kier molecular flexibility index (Phi) is 8.68. The average Bonchev–Trinajstić information content (AvgIpc) is 3.89. The fourth-order valence-electron chi connectivity index (χ4n) is 4.50. The number of ether oxygens (including phenoxy) is 8. The monoisotopic (exact) mass is 586 g/mol.